The molecule has 202 valence electrons. The number of likely N-dealkylation sites (N-methyl/N-ethyl adjacent to an activating group) is 1. The van der Waals surface area contributed by atoms with E-state index < -0.39 is 4.92 Å². The highest BCUT2D eigenvalue weighted by atomic mass is 127. The summed E-state index contributed by atoms with van der Waals surface area (Å²) < 4.78 is 17.9. The molecule has 9 nitrogen and oxygen atoms in total. The fourth-order valence-corrected chi connectivity index (χ4v) is 5.62. The average molecular weight is 660 g/mol. The van der Waals surface area contributed by atoms with Crippen molar-refractivity contribution in [2.75, 3.05) is 20.3 Å². The van der Waals surface area contributed by atoms with E-state index in [1.165, 1.54) is 23.9 Å². The number of benzene rings is 3. The van der Waals surface area contributed by atoms with Gasteiger partial charge in [0.25, 0.3) is 11.6 Å². The van der Waals surface area contributed by atoms with Gasteiger partial charge >= 0.3 is 0 Å². The lowest BCUT2D eigenvalue weighted by Crippen LogP contribution is -2.28. The van der Waals surface area contributed by atoms with E-state index in [0.717, 1.165) is 20.6 Å². The number of hydrogen-bond donors (Lipinski definition) is 0. The second-order valence-corrected chi connectivity index (χ2v) is 10.4. The van der Waals surface area contributed by atoms with E-state index in [9.17, 15) is 14.9 Å². The summed E-state index contributed by atoms with van der Waals surface area (Å²) in [6.45, 7) is 4.83. The van der Waals surface area contributed by atoms with Crippen molar-refractivity contribution in [1.29, 1.82) is 0 Å². The predicted molar refractivity (Wildman–Crippen MR) is 161 cm³/mol. The van der Waals surface area contributed by atoms with Gasteiger partial charge in [-0.1, -0.05) is 12.1 Å². The third kappa shape index (κ3) is 6.90. The molecule has 1 fully saturated rings. The first-order valence-corrected chi connectivity index (χ1v) is 14.0. The van der Waals surface area contributed by atoms with Crippen LogP contribution in [0.4, 0.5) is 11.4 Å². The highest BCUT2D eigenvalue weighted by molar-refractivity contribution is 14.1. The zero-order chi connectivity index (χ0) is 27.9. The maximum Gasteiger partial charge on any atom is 0.269 e. The number of nitro groups is 1. The first-order valence-electron chi connectivity index (χ1n) is 12.1. The molecule has 0 aliphatic carbocycles. The van der Waals surface area contributed by atoms with Crippen LogP contribution in [0.2, 0.25) is 0 Å². The van der Waals surface area contributed by atoms with Gasteiger partial charge in [0.15, 0.2) is 16.7 Å². The molecule has 1 saturated heterocycles. The quantitative estimate of drug-likeness (QED) is 0.102. The molecule has 39 heavy (non-hydrogen) atoms. The first kappa shape index (κ1) is 28.4. The summed E-state index contributed by atoms with van der Waals surface area (Å²) in [7, 11) is 1.61. The van der Waals surface area contributed by atoms with E-state index in [4.69, 9.17) is 14.2 Å². The average Bonchev–Trinajstić information content (AvgIpc) is 3.22. The molecule has 3 aromatic rings. The zero-order valence-corrected chi connectivity index (χ0v) is 24.5. The molecular weight excluding hydrogens is 633 g/mol. The largest absolute Gasteiger partial charge is 0.497 e. The van der Waals surface area contributed by atoms with E-state index in [0.29, 0.717) is 40.3 Å². The van der Waals surface area contributed by atoms with Gasteiger partial charge in [0.1, 0.15) is 12.4 Å². The van der Waals surface area contributed by atoms with E-state index in [1.54, 1.807) is 24.1 Å². The number of hydrogen-bond acceptors (Lipinski definition) is 8. The zero-order valence-electron chi connectivity index (χ0n) is 21.5. The fourth-order valence-electron chi connectivity index (χ4n) is 3.78. The Kier molecular flexibility index (Phi) is 9.46. The van der Waals surface area contributed by atoms with Crippen molar-refractivity contribution in [3.63, 3.8) is 0 Å². The molecule has 0 spiro atoms. The van der Waals surface area contributed by atoms with Crippen molar-refractivity contribution in [3.8, 4) is 17.2 Å². The predicted octanol–water partition coefficient (Wildman–Crippen LogP) is 6.81. The lowest BCUT2D eigenvalue weighted by Gasteiger charge is -2.15. The maximum absolute atomic E-state index is 13.2. The Morgan fingerprint density at radius 3 is 2.54 bits per heavy atom. The minimum Gasteiger partial charge on any atom is -0.497 e. The molecule has 0 unspecified atom stereocenters. The van der Waals surface area contributed by atoms with E-state index in [1.807, 2.05) is 56.3 Å². The summed E-state index contributed by atoms with van der Waals surface area (Å²) in [5.41, 5.74) is 2.19. The van der Waals surface area contributed by atoms with Gasteiger partial charge in [-0.25, -0.2) is 4.99 Å². The molecule has 0 saturated carbocycles. The van der Waals surface area contributed by atoms with Gasteiger partial charge in [0.05, 0.1) is 32.8 Å². The summed E-state index contributed by atoms with van der Waals surface area (Å²) in [5.74, 6) is 1.68. The Labute approximate surface area is 244 Å². The van der Waals surface area contributed by atoms with Crippen LogP contribution in [0.3, 0.4) is 0 Å². The third-order valence-electron chi connectivity index (χ3n) is 5.64. The number of nitro benzene ring substituents is 1. The second kappa shape index (κ2) is 13.0. The third-order valence-corrected chi connectivity index (χ3v) is 7.44. The highest BCUT2D eigenvalue weighted by Gasteiger charge is 2.32. The molecule has 1 aliphatic heterocycles. The number of halogens is 1. The number of carbonyl (C=O) groups excluding carboxylic acids is 1. The number of ether oxygens (including phenoxy) is 3. The number of amidine groups is 1. The topological polar surface area (TPSA) is 104 Å². The molecule has 1 aliphatic rings. The molecule has 0 radical (unpaired) electrons. The van der Waals surface area contributed by atoms with Gasteiger partial charge in [-0.15, -0.1) is 0 Å². The molecule has 0 N–H and O–H groups in total. The lowest BCUT2D eigenvalue weighted by molar-refractivity contribution is -0.384. The number of aliphatic imine (C=N–C) groups is 1. The van der Waals surface area contributed by atoms with Crippen LogP contribution in [0.15, 0.2) is 70.6 Å². The molecule has 3 aromatic carbocycles. The molecular formula is C28H26IN3O6S. The van der Waals surface area contributed by atoms with Crippen LogP contribution in [0, 0.1) is 13.7 Å². The minimum absolute atomic E-state index is 0.00699. The Hall–Kier alpha value is -3.58. The number of methoxy groups -OCH3 is 1. The Morgan fingerprint density at radius 1 is 1.10 bits per heavy atom. The molecule has 1 amide bonds. The summed E-state index contributed by atoms with van der Waals surface area (Å²) in [5, 5.41) is 11.7. The molecule has 0 aromatic heterocycles. The van der Waals surface area contributed by atoms with E-state index in [-0.39, 0.29) is 18.2 Å². The number of rotatable bonds is 10. The van der Waals surface area contributed by atoms with Crippen molar-refractivity contribution in [2.24, 2.45) is 4.99 Å². The smallest absolute Gasteiger partial charge is 0.269 e. The minimum atomic E-state index is -0.434. The molecule has 4 rings (SSSR count). The molecule has 1 heterocycles. The molecule has 0 bridgehead atoms. The van der Waals surface area contributed by atoms with Gasteiger partial charge in [0, 0.05) is 18.7 Å². The monoisotopic (exact) mass is 659 g/mol. The van der Waals surface area contributed by atoms with Crippen LogP contribution in [0.5, 0.6) is 17.2 Å². The van der Waals surface area contributed by atoms with Crippen LogP contribution in [-0.4, -0.2) is 41.2 Å². The fraction of sp³-hybridized carbons (Fsp3) is 0.214. The second-order valence-electron chi connectivity index (χ2n) is 8.23. The van der Waals surface area contributed by atoms with Gasteiger partial charge in [-0.2, -0.15) is 0 Å². The first-order chi connectivity index (χ1) is 18.8. The van der Waals surface area contributed by atoms with Gasteiger partial charge in [-0.3, -0.25) is 19.8 Å². The number of amides is 1. The summed E-state index contributed by atoms with van der Waals surface area (Å²) in [4.78, 5) is 30.7. The van der Waals surface area contributed by atoms with Crippen molar-refractivity contribution in [1.82, 2.24) is 4.90 Å². The normalized spacial score (nSPS) is 15.2. The van der Waals surface area contributed by atoms with E-state index in [2.05, 4.69) is 27.6 Å². The lowest BCUT2D eigenvalue weighted by atomic mass is 10.1. The number of nitrogens with zero attached hydrogens (tertiary/aromatic N) is 3. The summed E-state index contributed by atoms with van der Waals surface area (Å²) in [6.07, 6.45) is 1.82. The Morgan fingerprint density at radius 2 is 1.87 bits per heavy atom. The van der Waals surface area contributed by atoms with Crippen LogP contribution in [0.25, 0.3) is 6.08 Å². The van der Waals surface area contributed by atoms with Crippen LogP contribution < -0.4 is 14.2 Å². The number of non-ortho nitro benzene ring substituents is 1. The standard InChI is InChI=1S/C28H26IN3O6S/c1-4-31-27(33)25(39-28(31)30-20-9-11-22(36-3)12-10-20)16-19-14-23(29)26(24(15-19)37-5-2)38-17-18-7-6-8-21(13-18)32(34)35/h6-16H,4-5,17H2,1-3H3/b25-16+,30-28?. The van der Waals surface area contributed by atoms with Crippen molar-refractivity contribution >= 4 is 62.9 Å². The van der Waals surface area contributed by atoms with Crippen LogP contribution in [0.1, 0.15) is 25.0 Å². The van der Waals surface area contributed by atoms with Crippen LogP contribution >= 0.6 is 34.4 Å². The molecule has 0 atom stereocenters. The van der Waals surface area contributed by atoms with Gasteiger partial charge < -0.3 is 14.2 Å². The number of carbonyl (C=O) groups is 1. The summed E-state index contributed by atoms with van der Waals surface area (Å²) >= 11 is 3.48. The number of thioether (sulfide) groups is 1. The Balaban J connectivity index is 1.59. The highest BCUT2D eigenvalue weighted by Crippen LogP contribution is 2.38. The Bertz CT molecular complexity index is 1440. The van der Waals surface area contributed by atoms with E-state index >= 15 is 0 Å². The van der Waals surface area contributed by atoms with Crippen LogP contribution in [-0.2, 0) is 11.4 Å². The summed E-state index contributed by atoms with van der Waals surface area (Å²) in [6, 6.07) is 17.4. The van der Waals surface area contributed by atoms with Crippen molar-refractivity contribution in [2.45, 2.75) is 20.5 Å². The van der Waals surface area contributed by atoms with Crippen molar-refractivity contribution in [3.05, 3.63) is 90.4 Å². The molecule has 11 heteroatoms. The SMILES string of the molecule is CCOc1cc(/C=C2/SC(=Nc3ccc(OC)cc3)N(CC)C2=O)cc(I)c1OCc1cccc([N+](=O)[O-])c1. The maximum atomic E-state index is 13.2. The van der Waals surface area contributed by atoms with Gasteiger partial charge in [0.2, 0.25) is 0 Å². The van der Waals surface area contributed by atoms with Gasteiger partial charge in [-0.05, 0) is 102 Å². The van der Waals surface area contributed by atoms with Crippen molar-refractivity contribution < 1.29 is 23.9 Å².